The molecule has 3 N–H and O–H groups in total. The molecule has 0 radical (unpaired) electrons. The summed E-state index contributed by atoms with van der Waals surface area (Å²) in [5.74, 6) is -0.518. The van der Waals surface area contributed by atoms with E-state index in [-0.39, 0.29) is 10.3 Å². The van der Waals surface area contributed by atoms with Crippen LogP contribution >= 0.6 is 15.9 Å². The van der Waals surface area contributed by atoms with E-state index < -0.39 is 5.82 Å². The first-order chi connectivity index (χ1) is 10.0. The normalized spacial score (nSPS) is 16.4. The molecule has 1 aromatic rings. The van der Waals surface area contributed by atoms with Crippen LogP contribution in [0, 0.1) is 5.82 Å². The number of rotatable bonds is 5. The molecule has 1 heterocycles. The fourth-order valence-corrected chi connectivity index (χ4v) is 3.04. The summed E-state index contributed by atoms with van der Waals surface area (Å²) in [6, 6.07) is 3.29. The Morgan fingerprint density at radius 2 is 2.14 bits per heavy atom. The maximum Gasteiger partial charge on any atom is 0.171 e. The number of hydrogen-bond acceptors (Lipinski definition) is 4. The van der Waals surface area contributed by atoms with Gasteiger partial charge in [-0.05, 0) is 54.0 Å². The van der Waals surface area contributed by atoms with Crippen LogP contribution in [0.3, 0.4) is 0 Å². The number of oxime groups is 1. The molecular formula is C14H20BrFN4O. The molecule has 0 aliphatic carbocycles. The van der Waals surface area contributed by atoms with Crippen molar-refractivity contribution in [2.24, 2.45) is 10.9 Å². The summed E-state index contributed by atoms with van der Waals surface area (Å²) in [4.78, 5) is 4.27. The van der Waals surface area contributed by atoms with Crippen LogP contribution in [0.25, 0.3) is 0 Å². The van der Waals surface area contributed by atoms with Gasteiger partial charge in [-0.15, -0.1) is 0 Å². The number of nitrogens with zero attached hydrogens (tertiary/aromatic N) is 3. The average molecular weight is 359 g/mol. The molecule has 0 bridgehead atoms. The fourth-order valence-electron chi connectivity index (χ4n) is 2.50. The van der Waals surface area contributed by atoms with E-state index in [4.69, 9.17) is 10.9 Å². The molecule has 1 fully saturated rings. The predicted molar refractivity (Wildman–Crippen MR) is 85.6 cm³/mol. The first-order valence-corrected chi connectivity index (χ1v) is 7.73. The molecule has 0 spiro atoms. The molecule has 5 nitrogen and oxygen atoms in total. The summed E-state index contributed by atoms with van der Waals surface area (Å²) in [5, 5.41) is 11.6. The molecule has 1 aliphatic heterocycles. The molecule has 7 heteroatoms. The molecule has 0 unspecified atom stereocenters. The second-order valence-electron chi connectivity index (χ2n) is 5.22. The van der Waals surface area contributed by atoms with Crippen molar-refractivity contribution in [2.45, 2.75) is 12.8 Å². The Morgan fingerprint density at radius 1 is 1.48 bits per heavy atom. The quantitative estimate of drug-likeness (QED) is 0.366. The third kappa shape index (κ3) is 3.65. The van der Waals surface area contributed by atoms with Crippen LogP contribution in [0.1, 0.15) is 18.4 Å². The zero-order chi connectivity index (χ0) is 15.4. The van der Waals surface area contributed by atoms with Crippen molar-refractivity contribution < 1.29 is 9.60 Å². The first kappa shape index (κ1) is 16.0. The van der Waals surface area contributed by atoms with E-state index in [1.807, 2.05) is 11.9 Å². The van der Waals surface area contributed by atoms with Gasteiger partial charge in [-0.2, -0.15) is 0 Å². The average Bonchev–Trinajstić information content (AvgIpc) is 3.00. The molecule has 2 rings (SSSR count). The van der Waals surface area contributed by atoms with Crippen molar-refractivity contribution >= 4 is 27.5 Å². The zero-order valence-corrected chi connectivity index (χ0v) is 13.6. The minimum Gasteiger partial charge on any atom is -0.409 e. The molecule has 0 aromatic heterocycles. The molecule has 1 saturated heterocycles. The molecule has 1 aliphatic rings. The second kappa shape index (κ2) is 7.09. The van der Waals surface area contributed by atoms with Crippen molar-refractivity contribution in [3.63, 3.8) is 0 Å². The van der Waals surface area contributed by atoms with Crippen LogP contribution in [-0.4, -0.2) is 49.2 Å². The molecule has 0 saturated carbocycles. The number of amidine groups is 1. The zero-order valence-electron chi connectivity index (χ0n) is 12.0. The fraction of sp³-hybridized carbons (Fsp3) is 0.500. The van der Waals surface area contributed by atoms with Crippen LogP contribution in [0.15, 0.2) is 21.8 Å². The van der Waals surface area contributed by atoms with Gasteiger partial charge < -0.3 is 20.7 Å². The number of hydrogen-bond donors (Lipinski definition) is 2. The van der Waals surface area contributed by atoms with E-state index in [1.54, 1.807) is 12.1 Å². The summed E-state index contributed by atoms with van der Waals surface area (Å²) in [6.45, 7) is 3.94. The third-order valence-electron chi connectivity index (χ3n) is 3.81. The molecule has 1 aromatic carbocycles. The summed E-state index contributed by atoms with van der Waals surface area (Å²) in [5.41, 5.74) is 6.35. The van der Waals surface area contributed by atoms with Gasteiger partial charge in [0.1, 0.15) is 0 Å². The molecular weight excluding hydrogens is 339 g/mol. The lowest BCUT2D eigenvalue weighted by Crippen LogP contribution is -2.32. The van der Waals surface area contributed by atoms with Crippen LogP contribution in [-0.2, 0) is 0 Å². The smallest absolute Gasteiger partial charge is 0.171 e. The first-order valence-electron chi connectivity index (χ1n) is 6.94. The minimum absolute atomic E-state index is 0.118. The molecule has 0 amide bonds. The Balaban J connectivity index is 2.10. The SMILES string of the molecule is CN(CCN1CCCC1)c1ccc(/C(N)=N/O)c(Br)c1F. The van der Waals surface area contributed by atoms with Gasteiger partial charge in [0.2, 0.25) is 0 Å². The van der Waals surface area contributed by atoms with Crippen molar-refractivity contribution in [1.29, 1.82) is 0 Å². The van der Waals surface area contributed by atoms with Gasteiger partial charge in [0.25, 0.3) is 0 Å². The lowest BCUT2D eigenvalue weighted by atomic mass is 10.1. The van der Waals surface area contributed by atoms with Gasteiger partial charge in [0.05, 0.1) is 10.2 Å². The Morgan fingerprint density at radius 3 is 2.76 bits per heavy atom. The number of nitrogens with two attached hydrogens (primary N) is 1. The highest BCUT2D eigenvalue weighted by molar-refractivity contribution is 9.10. The Kier molecular flexibility index (Phi) is 5.41. The molecule has 21 heavy (non-hydrogen) atoms. The lowest BCUT2D eigenvalue weighted by Gasteiger charge is -2.24. The molecule has 0 atom stereocenters. The highest BCUT2D eigenvalue weighted by Crippen LogP contribution is 2.29. The Labute approximate surface area is 132 Å². The second-order valence-corrected chi connectivity index (χ2v) is 6.01. The van der Waals surface area contributed by atoms with Gasteiger partial charge in [-0.3, -0.25) is 0 Å². The highest BCUT2D eigenvalue weighted by atomic mass is 79.9. The number of halogens is 2. The summed E-state index contributed by atoms with van der Waals surface area (Å²) >= 11 is 3.17. The minimum atomic E-state index is -0.400. The van der Waals surface area contributed by atoms with Crippen LogP contribution in [0.4, 0.5) is 10.1 Å². The maximum atomic E-state index is 14.4. The highest BCUT2D eigenvalue weighted by Gasteiger charge is 2.17. The lowest BCUT2D eigenvalue weighted by molar-refractivity contribution is 0.318. The predicted octanol–water partition coefficient (Wildman–Crippen LogP) is 2.21. The van der Waals surface area contributed by atoms with Crippen molar-refractivity contribution in [3.05, 3.63) is 28.0 Å². The van der Waals surface area contributed by atoms with E-state index in [2.05, 4.69) is 26.0 Å². The topological polar surface area (TPSA) is 65.1 Å². The van der Waals surface area contributed by atoms with Gasteiger partial charge in [0.15, 0.2) is 11.7 Å². The van der Waals surface area contributed by atoms with E-state index in [1.165, 1.54) is 12.8 Å². The Bertz CT molecular complexity index is 532. The van der Waals surface area contributed by atoms with Crippen molar-refractivity contribution in [3.8, 4) is 0 Å². The number of anilines is 1. The number of likely N-dealkylation sites (tertiary alicyclic amines) is 1. The van der Waals surface area contributed by atoms with E-state index in [0.717, 1.165) is 26.2 Å². The van der Waals surface area contributed by atoms with Crippen molar-refractivity contribution in [1.82, 2.24) is 4.90 Å². The maximum absolute atomic E-state index is 14.4. The van der Waals surface area contributed by atoms with Gasteiger partial charge in [-0.1, -0.05) is 5.16 Å². The van der Waals surface area contributed by atoms with Crippen LogP contribution < -0.4 is 10.6 Å². The van der Waals surface area contributed by atoms with Crippen LogP contribution in [0.5, 0.6) is 0 Å². The van der Waals surface area contributed by atoms with Crippen LogP contribution in [0.2, 0.25) is 0 Å². The Hall–Kier alpha value is -1.34. The standard InChI is InChI=1S/C14H20BrFN4O/c1-19(8-9-20-6-2-3-7-20)11-5-4-10(14(17)18-21)12(15)13(11)16/h4-5,21H,2-3,6-9H2,1H3,(H2,17,18). The summed E-state index contributed by atoms with van der Waals surface area (Å²) in [6.07, 6.45) is 2.50. The third-order valence-corrected chi connectivity index (χ3v) is 4.58. The van der Waals surface area contributed by atoms with E-state index in [0.29, 0.717) is 11.3 Å². The molecule has 116 valence electrons. The van der Waals surface area contributed by atoms with Gasteiger partial charge in [0, 0.05) is 25.7 Å². The van der Waals surface area contributed by atoms with E-state index in [9.17, 15) is 4.39 Å². The number of benzene rings is 1. The summed E-state index contributed by atoms with van der Waals surface area (Å²) in [7, 11) is 1.87. The van der Waals surface area contributed by atoms with Gasteiger partial charge >= 0.3 is 0 Å². The van der Waals surface area contributed by atoms with E-state index >= 15 is 0 Å². The largest absolute Gasteiger partial charge is 0.409 e. The van der Waals surface area contributed by atoms with Crippen molar-refractivity contribution in [2.75, 3.05) is 38.1 Å². The number of likely N-dealkylation sites (N-methyl/N-ethyl adjacent to an activating group) is 1. The van der Waals surface area contributed by atoms with Gasteiger partial charge in [-0.25, -0.2) is 4.39 Å². The monoisotopic (exact) mass is 358 g/mol. The summed E-state index contributed by atoms with van der Waals surface area (Å²) < 4.78 is 14.6.